The van der Waals surface area contributed by atoms with Crippen molar-refractivity contribution in [1.29, 1.82) is 5.41 Å². The molecule has 1 atom stereocenters. The molecule has 15 nitrogen and oxygen atoms in total. The van der Waals surface area contributed by atoms with Gasteiger partial charge >= 0.3 is 24.2 Å². The molecule has 15 heteroatoms. The maximum absolute atomic E-state index is 13.1. The van der Waals surface area contributed by atoms with E-state index in [4.69, 9.17) is 24.5 Å². The molecule has 1 heterocycles. The Labute approximate surface area is 265 Å². The van der Waals surface area contributed by atoms with Crippen molar-refractivity contribution < 1.29 is 47.8 Å². The van der Waals surface area contributed by atoms with Crippen molar-refractivity contribution in [3.05, 3.63) is 71.8 Å². The first-order valence-electron chi connectivity index (χ1n) is 14.4. The molecule has 0 bridgehead atoms. The number of nitrogens with one attached hydrogen (secondary N) is 3. The van der Waals surface area contributed by atoms with E-state index < -0.39 is 53.7 Å². The SMILES string of the molecule is CC(C)(C)OC(=O)N[C@H](CCCN(C(=N)NC(=O)OCc1ccccc1)C(=O)OCc1ccccc1)C(=O)ON1C(=O)CCC1=O. The molecule has 0 unspecified atom stereocenters. The summed E-state index contributed by atoms with van der Waals surface area (Å²) >= 11 is 0. The molecule has 0 radical (unpaired) electrons. The topological polar surface area (TPSA) is 194 Å². The van der Waals surface area contributed by atoms with E-state index in [0.717, 1.165) is 4.90 Å². The molecular formula is C31H37N5O10. The fourth-order valence-corrected chi connectivity index (χ4v) is 3.98. The quantitative estimate of drug-likeness (QED) is 0.141. The first kappa shape index (κ1) is 35.0. The summed E-state index contributed by atoms with van der Waals surface area (Å²) in [7, 11) is 0. The highest BCUT2D eigenvalue weighted by Gasteiger charge is 2.36. The van der Waals surface area contributed by atoms with Gasteiger partial charge < -0.3 is 24.4 Å². The van der Waals surface area contributed by atoms with Crippen LogP contribution < -0.4 is 10.6 Å². The maximum atomic E-state index is 13.1. The van der Waals surface area contributed by atoms with Crippen LogP contribution in [0, 0.1) is 5.41 Å². The van der Waals surface area contributed by atoms with Crippen molar-refractivity contribution >= 4 is 42.0 Å². The number of imide groups is 1. The van der Waals surface area contributed by atoms with E-state index in [-0.39, 0.29) is 45.4 Å². The van der Waals surface area contributed by atoms with Gasteiger partial charge in [0.25, 0.3) is 11.8 Å². The Morgan fingerprint density at radius 1 is 0.870 bits per heavy atom. The van der Waals surface area contributed by atoms with E-state index in [9.17, 15) is 28.8 Å². The Kier molecular flexibility index (Phi) is 12.6. The highest BCUT2D eigenvalue weighted by Crippen LogP contribution is 2.15. The number of hydrogen-bond donors (Lipinski definition) is 3. The average Bonchev–Trinajstić information content (AvgIpc) is 3.32. The minimum atomic E-state index is -1.42. The highest BCUT2D eigenvalue weighted by molar-refractivity contribution is 6.02. The van der Waals surface area contributed by atoms with Crippen LogP contribution in [0.3, 0.4) is 0 Å². The van der Waals surface area contributed by atoms with Gasteiger partial charge in [0.2, 0.25) is 5.96 Å². The molecular weight excluding hydrogens is 602 g/mol. The van der Waals surface area contributed by atoms with Crippen LogP contribution in [0.2, 0.25) is 0 Å². The number of hydrogen-bond acceptors (Lipinski definition) is 11. The van der Waals surface area contributed by atoms with Crippen LogP contribution >= 0.6 is 0 Å². The van der Waals surface area contributed by atoms with E-state index >= 15 is 0 Å². The minimum Gasteiger partial charge on any atom is -0.444 e. The Hall–Kier alpha value is -5.47. The van der Waals surface area contributed by atoms with Gasteiger partial charge in [-0.3, -0.25) is 20.3 Å². The van der Waals surface area contributed by atoms with Crippen molar-refractivity contribution in [2.45, 2.75) is 71.3 Å². The zero-order valence-electron chi connectivity index (χ0n) is 25.8. The van der Waals surface area contributed by atoms with Gasteiger partial charge in [0.15, 0.2) is 0 Å². The lowest BCUT2D eigenvalue weighted by molar-refractivity contribution is -0.199. The van der Waals surface area contributed by atoms with Gasteiger partial charge in [0.05, 0.1) is 0 Å². The third-order valence-corrected chi connectivity index (χ3v) is 6.17. The lowest BCUT2D eigenvalue weighted by Gasteiger charge is -2.25. The zero-order chi connectivity index (χ0) is 33.7. The molecule has 0 aliphatic carbocycles. The maximum Gasteiger partial charge on any atom is 0.416 e. The van der Waals surface area contributed by atoms with E-state index in [1.54, 1.807) is 81.4 Å². The molecule has 1 fully saturated rings. The summed E-state index contributed by atoms with van der Waals surface area (Å²) in [6.45, 7) is 4.36. The number of rotatable bonds is 11. The molecule has 5 amide bonds. The van der Waals surface area contributed by atoms with Crippen molar-refractivity contribution in [2.75, 3.05) is 6.54 Å². The molecule has 3 rings (SSSR count). The number of nitrogens with zero attached hydrogens (tertiary/aromatic N) is 2. The Morgan fingerprint density at radius 2 is 1.41 bits per heavy atom. The van der Waals surface area contributed by atoms with Crippen molar-refractivity contribution in [3.8, 4) is 0 Å². The Bertz CT molecular complexity index is 1400. The third-order valence-electron chi connectivity index (χ3n) is 6.17. The monoisotopic (exact) mass is 639 g/mol. The molecule has 2 aromatic rings. The lowest BCUT2D eigenvalue weighted by Crippen LogP contribution is -2.49. The number of alkyl carbamates (subject to hydrolysis) is 2. The number of carbonyl (C=O) groups excluding carboxylic acids is 6. The van der Waals surface area contributed by atoms with Gasteiger partial charge in [-0.1, -0.05) is 60.7 Å². The number of hydroxylamine groups is 2. The predicted molar refractivity (Wildman–Crippen MR) is 160 cm³/mol. The van der Waals surface area contributed by atoms with Gasteiger partial charge in [-0.15, -0.1) is 5.06 Å². The number of benzene rings is 2. The molecule has 0 spiro atoms. The molecule has 1 saturated heterocycles. The number of guanidine groups is 1. The van der Waals surface area contributed by atoms with Crippen LogP contribution in [0.25, 0.3) is 0 Å². The van der Waals surface area contributed by atoms with Crippen molar-refractivity contribution in [1.82, 2.24) is 20.6 Å². The molecule has 3 N–H and O–H groups in total. The first-order chi connectivity index (χ1) is 21.8. The normalized spacial score (nSPS) is 13.3. The van der Waals surface area contributed by atoms with E-state index in [2.05, 4.69) is 10.6 Å². The van der Waals surface area contributed by atoms with Crippen LogP contribution in [0.15, 0.2) is 60.7 Å². The zero-order valence-corrected chi connectivity index (χ0v) is 25.8. The smallest absolute Gasteiger partial charge is 0.416 e. The van der Waals surface area contributed by atoms with Gasteiger partial charge in [-0.05, 0) is 44.7 Å². The second-order valence-electron chi connectivity index (χ2n) is 11.1. The first-order valence-corrected chi connectivity index (χ1v) is 14.4. The Balaban J connectivity index is 1.69. The lowest BCUT2D eigenvalue weighted by atomic mass is 10.1. The minimum absolute atomic E-state index is 0.0545. The van der Waals surface area contributed by atoms with Crippen LogP contribution in [-0.2, 0) is 46.6 Å². The van der Waals surface area contributed by atoms with Gasteiger partial charge in [0.1, 0.15) is 24.9 Å². The summed E-state index contributed by atoms with van der Waals surface area (Å²) in [5.41, 5.74) is 0.471. The van der Waals surface area contributed by atoms with Gasteiger partial charge in [0, 0.05) is 19.4 Å². The van der Waals surface area contributed by atoms with E-state index in [1.165, 1.54) is 0 Å². The molecule has 0 aromatic heterocycles. The molecule has 1 aliphatic heterocycles. The van der Waals surface area contributed by atoms with Gasteiger partial charge in [-0.2, -0.15) is 0 Å². The van der Waals surface area contributed by atoms with Crippen LogP contribution in [-0.4, -0.2) is 70.2 Å². The van der Waals surface area contributed by atoms with Crippen molar-refractivity contribution in [3.63, 3.8) is 0 Å². The van der Waals surface area contributed by atoms with Crippen molar-refractivity contribution in [2.24, 2.45) is 0 Å². The molecule has 246 valence electrons. The highest BCUT2D eigenvalue weighted by atomic mass is 16.7. The molecule has 1 aliphatic rings. The predicted octanol–water partition coefficient (Wildman–Crippen LogP) is 3.77. The summed E-state index contributed by atoms with van der Waals surface area (Å²) in [6, 6.07) is 16.2. The summed E-state index contributed by atoms with van der Waals surface area (Å²) in [4.78, 5) is 80.7. The summed E-state index contributed by atoms with van der Waals surface area (Å²) < 4.78 is 15.7. The van der Waals surface area contributed by atoms with E-state index in [1.807, 2.05) is 0 Å². The van der Waals surface area contributed by atoms with Gasteiger partial charge in [-0.25, -0.2) is 24.1 Å². The van der Waals surface area contributed by atoms with Crippen LogP contribution in [0.5, 0.6) is 0 Å². The summed E-state index contributed by atoms with van der Waals surface area (Å²) in [6.07, 6.45) is -3.45. The average molecular weight is 640 g/mol. The molecule has 46 heavy (non-hydrogen) atoms. The van der Waals surface area contributed by atoms with E-state index in [0.29, 0.717) is 16.2 Å². The Morgan fingerprint density at radius 3 is 1.96 bits per heavy atom. The third kappa shape index (κ3) is 11.6. The fourth-order valence-electron chi connectivity index (χ4n) is 3.98. The fraction of sp³-hybridized carbons (Fsp3) is 0.387. The van der Waals surface area contributed by atoms with Crippen LogP contribution in [0.1, 0.15) is 57.6 Å². The van der Waals surface area contributed by atoms with Crippen LogP contribution in [0.4, 0.5) is 14.4 Å². The summed E-state index contributed by atoms with van der Waals surface area (Å²) in [5, 5.41) is 13.3. The standard InChI is InChI=1S/C31H37N5O10/c1-31(2,3)45-29(41)33-23(26(39)46-36-24(37)16-17-25(36)38)15-10-18-35(30(42)44-20-22-13-8-5-9-14-22)27(32)34-28(40)43-19-21-11-6-4-7-12-21/h4-9,11-14,23H,10,15-20H2,1-3H3,(H,33,41)(H2,32,34,40)/t23-/m1/s1. The second kappa shape index (κ2) is 16.6. The number of amides is 5. The second-order valence-corrected chi connectivity index (χ2v) is 11.1. The molecule has 2 aromatic carbocycles. The largest absolute Gasteiger partial charge is 0.444 e. The summed E-state index contributed by atoms with van der Waals surface area (Å²) in [5.74, 6) is -3.20. The number of carbonyl (C=O) groups is 6. The number of ether oxygens (including phenoxy) is 3. The molecule has 0 saturated carbocycles.